The summed E-state index contributed by atoms with van der Waals surface area (Å²) in [6, 6.07) is 8.11. The second-order valence-electron chi connectivity index (χ2n) is 8.60. The van der Waals surface area contributed by atoms with Crippen LogP contribution in [0.5, 0.6) is 0 Å². The molecule has 1 aromatic carbocycles. The van der Waals surface area contributed by atoms with Crippen molar-refractivity contribution in [3.05, 3.63) is 29.3 Å². The van der Waals surface area contributed by atoms with Crippen molar-refractivity contribution in [3.63, 3.8) is 0 Å². The van der Waals surface area contributed by atoms with Gasteiger partial charge in [0.25, 0.3) is 0 Å². The molecule has 136 valence electrons. The molecule has 1 atom stereocenters. The fourth-order valence-corrected chi connectivity index (χ4v) is 4.42. The second-order valence-corrected chi connectivity index (χ2v) is 9.39. The zero-order valence-corrected chi connectivity index (χ0v) is 17.4. The molecule has 2 aliphatic rings. The maximum Gasteiger partial charge on any atom is 0.127 e. The van der Waals surface area contributed by atoms with Crippen molar-refractivity contribution in [2.45, 2.75) is 59.0 Å². The first-order valence-electron chi connectivity index (χ1n) is 9.06. The van der Waals surface area contributed by atoms with Gasteiger partial charge in [-0.05, 0) is 58.8 Å². The average molecular weight is 378 g/mol. The van der Waals surface area contributed by atoms with Crippen molar-refractivity contribution >= 4 is 40.3 Å². The lowest BCUT2D eigenvalue weighted by atomic mass is 9.86. The van der Waals surface area contributed by atoms with E-state index in [9.17, 15) is 0 Å². The average Bonchev–Trinajstić information content (AvgIpc) is 3.06. The minimum atomic E-state index is -0.178. The number of halogens is 1. The summed E-state index contributed by atoms with van der Waals surface area (Å²) in [5.74, 6) is 1.04. The Labute approximate surface area is 162 Å². The van der Waals surface area contributed by atoms with Gasteiger partial charge < -0.3 is 0 Å². The third-order valence-corrected chi connectivity index (χ3v) is 5.99. The zero-order valence-electron chi connectivity index (χ0n) is 15.8. The number of benzene rings is 1. The van der Waals surface area contributed by atoms with E-state index in [1.54, 1.807) is 0 Å². The van der Waals surface area contributed by atoms with E-state index in [2.05, 4.69) is 44.4 Å². The maximum atomic E-state index is 6.54. The lowest BCUT2D eigenvalue weighted by Crippen LogP contribution is -2.47. The number of hydrogen-bond donors (Lipinski definition) is 0. The third kappa shape index (κ3) is 3.49. The van der Waals surface area contributed by atoms with E-state index >= 15 is 0 Å². The number of amidine groups is 1. The van der Waals surface area contributed by atoms with Crippen molar-refractivity contribution in [3.8, 4) is 0 Å². The Hall–Kier alpha value is -0.970. The first-order chi connectivity index (χ1) is 11.6. The Kier molecular flexibility index (Phi) is 5.00. The van der Waals surface area contributed by atoms with Crippen LogP contribution in [-0.2, 0) is 0 Å². The standard InChI is InChI=1S/C20H28ClN3S/c1-19(2,3)22-17-16(23-12-8-9-13-23)20(4,5)18(25)24(17)15-11-7-6-10-14(15)21/h6-7,10-11,16H,8-9,12-13H2,1-5H3/t16-/m1/s1. The number of likely N-dealkylation sites (tertiary alicyclic amines) is 1. The molecule has 2 fully saturated rings. The predicted molar refractivity (Wildman–Crippen MR) is 112 cm³/mol. The SMILES string of the molecule is CC(C)(C)N=C1[C@@H](N2CCCC2)C(C)(C)C(=S)N1c1ccccc1Cl. The molecule has 0 amide bonds. The predicted octanol–water partition coefficient (Wildman–Crippen LogP) is 5.18. The van der Waals surface area contributed by atoms with Gasteiger partial charge in [0.1, 0.15) is 5.84 Å². The lowest BCUT2D eigenvalue weighted by Gasteiger charge is -2.33. The molecule has 3 rings (SSSR count). The summed E-state index contributed by atoms with van der Waals surface area (Å²) in [6.07, 6.45) is 2.49. The van der Waals surface area contributed by atoms with E-state index in [0.29, 0.717) is 5.02 Å². The highest BCUT2D eigenvalue weighted by atomic mass is 35.5. The Balaban J connectivity index is 2.17. The Morgan fingerprint density at radius 1 is 1.16 bits per heavy atom. The molecule has 0 aliphatic carbocycles. The van der Waals surface area contributed by atoms with Crippen molar-refractivity contribution in [1.82, 2.24) is 4.90 Å². The summed E-state index contributed by atoms with van der Waals surface area (Å²) >= 11 is 12.5. The van der Waals surface area contributed by atoms with E-state index in [1.165, 1.54) is 12.8 Å². The largest absolute Gasteiger partial charge is 0.293 e. The van der Waals surface area contributed by atoms with Gasteiger partial charge in [0.05, 0.1) is 27.3 Å². The van der Waals surface area contributed by atoms with Gasteiger partial charge in [0.2, 0.25) is 0 Å². The number of para-hydroxylation sites is 1. The molecule has 0 radical (unpaired) electrons. The number of rotatable bonds is 2. The van der Waals surface area contributed by atoms with E-state index in [4.69, 9.17) is 28.8 Å². The molecule has 25 heavy (non-hydrogen) atoms. The molecule has 5 heteroatoms. The summed E-state index contributed by atoms with van der Waals surface area (Å²) < 4.78 is 0. The van der Waals surface area contributed by atoms with Gasteiger partial charge >= 0.3 is 0 Å². The third-order valence-electron chi connectivity index (χ3n) is 4.96. The van der Waals surface area contributed by atoms with Crippen molar-refractivity contribution < 1.29 is 0 Å². The molecule has 0 unspecified atom stereocenters. The summed E-state index contributed by atoms with van der Waals surface area (Å²) in [4.78, 5) is 10.7. The number of aliphatic imine (C=N–C) groups is 1. The summed E-state index contributed by atoms with van der Waals surface area (Å²) in [6.45, 7) is 13.1. The molecular weight excluding hydrogens is 350 g/mol. The summed E-state index contributed by atoms with van der Waals surface area (Å²) in [7, 11) is 0. The number of hydrogen-bond acceptors (Lipinski definition) is 3. The lowest BCUT2D eigenvalue weighted by molar-refractivity contribution is 0.223. The highest BCUT2D eigenvalue weighted by Crippen LogP contribution is 2.43. The van der Waals surface area contributed by atoms with Crippen LogP contribution in [0.1, 0.15) is 47.5 Å². The van der Waals surface area contributed by atoms with Crippen LogP contribution >= 0.6 is 23.8 Å². The molecular formula is C20H28ClN3S. The molecule has 0 saturated carbocycles. The normalized spacial score (nSPS) is 26.0. The van der Waals surface area contributed by atoms with E-state index in [1.807, 2.05) is 24.3 Å². The van der Waals surface area contributed by atoms with Gasteiger partial charge in [-0.15, -0.1) is 0 Å². The van der Waals surface area contributed by atoms with Crippen LogP contribution in [0.25, 0.3) is 0 Å². The maximum absolute atomic E-state index is 6.54. The number of anilines is 1. The Morgan fingerprint density at radius 3 is 2.32 bits per heavy atom. The van der Waals surface area contributed by atoms with Crippen LogP contribution in [0, 0.1) is 5.41 Å². The molecule has 3 nitrogen and oxygen atoms in total. The Morgan fingerprint density at radius 2 is 1.76 bits per heavy atom. The Bertz CT molecular complexity index is 699. The molecule has 2 aliphatic heterocycles. The van der Waals surface area contributed by atoms with E-state index < -0.39 is 0 Å². The highest BCUT2D eigenvalue weighted by molar-refractivity contribution is 7.80. The van der Waals surface area contributed by atoms with Gasteiger partial charge in [0.15, 0.2) is 0 Å². The first-order valence-corrected chi connectivity index (χ1v) is 9.84. The van der Waals surface area contributed by atoms with Gasteiger partial charge in [-0.1, -0.05) is 49.8 Å². The molecule has 2 heterocycles. The minimum absolute atomic E-state index is 0.164. The van der Waals surface area contributed by atoms with Crippen LogP contribution in [0.4, 0.5) is 5.69 Å². The van der Waals surface area contributed by atoms with E-state index in [0.717, 1.165) is 29.6 Å². The highest BCUT2D eigenvalue weighted by Gasteiger charge is 2.53. The monoisotopic (exact) mass is 377 g/mol. The minimum Gasteiger partial charge on any atom is -0.293 e. The van der Waals surface area contributed by atoms with Gasteiger partial charge in [-0.2, -0.15) is 0 Å². The molecule has 1 aromatic rings. The molecule has 0 aromatic heterocycles. The van der Waals surface area contributed by atoms with Crippen LogP contribution in [0.2, 0.25) is 5.02 Å². The van der Waals surface area contributed by atoms with Crippen LogP contribution in [0.3, 0.4) is 0 Å². The van der Waals surface area contributed by atoms with Gasteiger partial charge in [0, 0.05) is 5.41 Å². The number of nitrogens with zero attached hydrogens (tertiary/aromatic N) is 3. The van der Waals surface area contributed by atoms with E-state index in [-0.39, 0.29) is 17.0 Å². The van der Waals surface area contributed by atoms with Crippen LogP contribution in [-0.4, -0.2) is 40.4 Å². The zero-order chi connectivity index (χ0) is 18.4. The fourth-order valence-electron chi connectivity index (χ4n) is 3.89. The van der Waals surface area contributed by atoms with Crippen LogP contribution in [0.15, 0.2) is 29.3 Å². The molecule has 0 spiro atoms. The number of thiocarbonyl (C=S) groups is 1. The summed E-state index contributed by atoms with van der Waals surface area (Å²) in [5.41, 5.74) is 0.595. The van der Waals surface area contributed by atoms with Crippen LogP contribution < -0.4 is 4.90 Å². The quantitative estimate of drug-likeness (QED) is 0.662. The van der Waals surface area contributed by atoms with Crippen molar-refractivity contribution in [2.75, 3.05) is 18.0 Å². The molecule has 0 N–H and O–H groups in total. The second kappa shape index (κ2) is 6.64. The molecule has 0 bridgehead atoms. The van der Waals surface area contributed by atoms with Gasteiger partial charge in [-0.25, -0.2) is 0 Å². The topological polar surface area (TPSA) is 18.8 Å². The van der Waals surface area contributed by atoms with Crippen molar-refractivity contribution in [2.24, 2.45) is 10.4 Å². The first kappa shape index (κ1) is 18.8. The molecule has 2 saturated heterocycles. The smallest absolute Gasteiger partial charge is 0.127 e. The van der Waals surface area contributed by atoms with Crippen molar-refractivity contribution in [1.29, 1.82) is 0 Å². The fraction of sp³-hybridized carbons (Fsp3) is 0.600. The summed E-state index contributed by atoms with van der Waals surface area (Å²) in [5, 5.41) is 0.712. The van der Waals surface area contributed by atoms with Gasteiger partial charge in [-0.3, -0.25) is 14.8 Å².